The highest BCUT2D eigenvalue weighted by molar-refractivity contribution is 6.32. The SMILES string of the molecule is Cc1ccc(Cl)c(OCC(O)Cn2cnc3cc(C)c(C)cc32)c1. The number of ether oxygens (including phenoxy) is 1. The van der Waals surface area contributed by atoms with E-state index in [1.54, 1.807) is 12.4 Å². The van der Waals surface area contributed by atoms with E-state index >= 15 is 0 Å². The van der Waals surface area contributed by atoms with Crippen LogP contribution in [0.15, 0.2) is 36.7 Å². The highest BCUT2D eigenvalue weighted by Gasteiger charge is 2.12. The molecule has 4 nitrogen and oxygen atoms in total. The van der Waals surface area contributed by atoms with Crippen molar-refractivity contribution in [3.8, 4) is 5.75 Å². The van der Waals surface area contributed by atoms with Crippen molar-refractivity contribution in [1.82, 2.24) is 9.55 Å². The Kier molecular flexibility index (Phi) is 4.78. The number of fused-ring (bicyclic) bond motifs is 1. The fraction of sp³-hybridized carbons (Fsp3) is 0.316. The van der Waals surface area contributed by atoms with Gasteiger partial charge in [-0.2, -0.15) is 0 Å². The number of aromatic nitrogens is 2. The number of hydrogen-bond donors (Lipinski definition) is 1. The molecule has 0 aliphatic heterocycles. The molecule has 2 aromatic carbocycles. The van der Waals surface area contributed by atoms with Crippen LogP contribution in [-0.2, 0) is 6.54 Å². The number of aliphatic hydroxyl groups is 1. The Balaban J connectivity index is 1.70. The van der Waals surface area contributed by atoms with Crippen LogP contribution in [0.4, 0.5) is 0 Å². The number of aryl methyl sites for hydroxylation is 3. The number of imidazole rings is 1. The summed E-state index contributed by atoms with van der Waals surface area (Å²) in [6.07, 6.45) is 1.10. The van der Waals surface area contributed by atoms with Gasteiger partial charge in [-0.15, -0.1) is 0 Å². The van der Waals surface area contributed by atoms with E-state index in [0.717, 1.165) is 16.6 Å². The minimum Gasteiger partial charge on any atom is -0.489 e. The smallest absolute Gasteiger partial charge is 0.138 e. The first kappa shape index (κ1) is 16.8. The third-order valence-corrected chi connectivity index (χ3v) is 4.47. The topological polar surface area (TPSA) is 47.3 Å². The van der Waals surface area contributed by atoms with Crippen LogP contribution in [0.1, 0.15) is 16.7 Å². The van der Waals surface area contributed by atoms with Gasteiger partial charge < -0.3 is 14.4 Å². The zero-order chi connectivity index (χ0) is 17.3. The lowest BCUT2D eigenvalue weighted by Gasteiger charge is -2.15. The summed E-state index contributed by atoms with van der Waals surface area (Å²) >= 11 is 6.11. The lowest BCUT2D eigenvalue weighted by molar-refractivity contribution is 0.0934. The van der Waals surface area contributed by atoms with Gasteiger partial charge in [0.25, 0.3) is 0 Å². The van der Waals surface area contributed by atoms with Gasteiger partial charge in [0.1, 0.15) is 18.5 Å². The van der Waals surface area contributed by atoms with Gasteiger partial charge in [0, 0.05) is 0 Å². The largest absolute Gasteiger partial charge is 0.489 e. The van der Waals surface area contributed by atoms with Crippen LogP contribution in [0.2, 0.25) is 5.02 Å². The van der Waals surface area contributed by atoms with Crippen molar-refractivity contribution in [1.29, 1.82) is 0 Å². The summed E-state index contributed by atoms with van der Waals surface area (Å²) in [6, 6.07) is 9.76. The Labute approximate surface area is 146 Å². The van der Waals surface area contributed by atoms with Gasteiger partial charge in [0.15, 0.2) is 0 Å². The Morgan fingerprint density at radius 1 is 1.17 bits per heavy atom. The summed E-state index contributed by atoms with van der Waals surface area (Å²) in [4.78, 5) is 4.41. The third kappa shape index (κ3) is 3.55. The predicted molar refractivity (Wildman–Crippen MR) is 96.9 cm³/mol. The molecule has 1 heterocycles. The van der Waals surface area contributed by atoms with Crippen molar-refractivity contribution in [2.75, 3.05) is 6.61 Å². The predicted octanol–water partition coefficient (Wildman–Crippen LogP) is 4.05. The Morgan fingerprint density at radius 3 is 2.71 bits per heavy atom. The summed E-state index contributed by atoms with van der Waals surface area (Å²) in [5, 5.41) is 10.9. The maximum atomic E-state index is 10.3. The molecule has 3 aromatic rings. The van der Waals surface area contributed by atoms with Gasteiger partial charge in [0.05, 0.1) is 28.9 Å². The zero-order valence-corrected chi connectivity index (χ0v) is 14.8. The van der Waals surface area contributed by atoms with E-state index in [1.807, 2.05) is 23.6 Å². The van der Waals surface area contributed by atoms with E-state index in [4.69, 9.17) is 16.3 Å². The van der Waals surface area contributed by atoms with Crippen LogP contribution in [0, 0.1) is 20.8 Å². The average Bonchev–Trinajstić information content (AvgIpc) is 2.91. The monoisotopic (exact) mass is 344 g/mol. The Morgan fingerprint density at radius 2 is 1.92 bits per heavy atom. The van der Waals surface area contributed by atoms with Crippen molar-refractivity contribution >= 4 is 22.6 Å². The molecular weight excluding hydrogens is 324 g/mol. The maximum absolute atomic E-state index is 10.3. The summed E-state index contributed by atoms with van der Waals surface area (Å²) in [6.45, 7) is 6.71. The molecule has 24 heavy (non-hydrogen) atoms. The summed E-state index contributed by atoms with van der Waals surface area (Å²) < 4.78 is 7.62. The summed E-state index contributed by atoms with van der Waals surface area (Å²) in [5.41, 5.74) is 5.45. The molecule has 0 spiro atoms. The van der Waals surface area contributed by atoms with Gasteiger partial charge in [-0.25, -0.2) is 4.98 Å². The molecule has 1 unspecified atom stereocenters. The minimum atomic E-state index is -0.652. The molecule has 3 rings (SSSR count). The van der Waals surface area contributed by atoms with Gasteiger partial charge in [-0.05, 0) is 61.7 Å². The fourth-order valence-corrected chi connectivity index (χ4v) is 2.82. The van der Waals surface area contributed by atoms with Crippen LogP contribution in [-0.4, -0.2) is 27.4 Å². The van der Waals surface area contributed by atoms with Gasteiger partial charge in [-0.3, -0.25) is 0 Å². The number of halogens is 1. The standard InChI is InChI=1S/C19H21ClN2O2/c1-12-4-5-16(20)19(6-12)24-10-15(23)9-22-11-21-17-7-13(2)14(3)8-18(17)22/h4-8,11,15,23H,9-10H2,1-3H3. The maximum Gasteiger partial charge on any atom is 0.138 e. The van der Waals surface area contributed by atoms with Gasteiger partial charge in [0.2, 0.25) is 0 Å². The van der Waals surface area contributed by atoms with Crippen molar-refractivity contribution in [3.63, 3.8) is 0 Å². The Hall–Kier alpha value is -2.04. The van der Waals surface area contributed by atoms with E-state index in [0.29, 0.717) is 17.3 Å². The second-order valence-corrected chi connectivity index (χ2v) is 6.63. The van der Waals surface area contributed by atoms with E-state index in [1.165, 1.54) is 11.1 Å². The molecule has 0 bridgehead atoms. The number of nitrogens with zero attached hydrogens (tertiary/aromatic N) is 2. The van der Waals surface area contributed by atoms with Crippen LogP contribution in [0.3, 0.4) is 0 Å². The molecular formula is C19H21ClN2O2. The molecule has 0 radical (unpaired) electrons. The van der Waals surface area contributed by atoms with Gasteiger partial charge >= 0.3 is 0 Å². The number of aliphatic hydroxyl groups excluding tert-OH is 1. The molecule has 0 saturated carbocycles. The number of rotatable bonds is 5. The lowest BCUT2D eigenvalue weighted by Crippen LogP contribution is -2.23. The van der Waals surface area contributed by atoms with Crippen LogP contribution in [0.5, 0.6) is 5.75 Å². The first-order chi connectivity index (χ1) is 11.4. The summed E-state index contributed by atoms with van der Waals surface area (Å²) in [7, 11) is 0. The lowest BCUT2D eigenvalue weighted by atomic mass is 10.1. The van der Waals surface area contributed by atoms with E-state index < -0.39 is 6.10 Å². The minimum absolute atomic E-state index is 0.174. The third-order valence-electron chi connectivity index (χ3n) is 4.16. The molecule has 0 saturated heterocycles. The molecule has 1 atom stereocenters. The van der Waals surface area contributed by atoms with E-state index in [9.17, 15) is 5.11 Å². The van der Waals surface area contributed by atoms with Crippen LogP contribution >= 0.6 is 11.6 Å². The molecule has 0 amide bonds. The Bertz CT molecular complexity index is 873. The quantitative estimate of drug-likeness (QED) is 0.759. The second-order valence-electron chi connectivity index (χ2n) is 6.22. The fourth-order valence-electron chi connectivity index (χ4n) is 2.65. The normalized spacial score (nSPS) is 12.5. The molecule has 1 aromatic heterocycles. The first-order valence-electron chi connectivity index (χ1n) is 7.93. The highest BCUT2D eigenvalue weighted by atomic mass is 35.5. The molecule has 5 heteroatoms. The first-order valence-corrected chi connectivity index (χ1v) is 8.31. The van der Waals surface area contributed by atoms with Crippen molar-refractivity contribution in [3.05, 3.63) is 58.4 Å². The summed E-state index contributed by atoms with van der Waals surface area (Å²) in [5.74, 6) is 0.595. The van der Waals surface area contributed by atoms with Crippen LogP contribution in [0.25, 0.3) is 11.0 Å². The van der Waals surface area contributed by atoms with E-state index in [-0.39, 0.29) is 6.61 Å². The molecule has 0 aliphatic rings. The number of benzene rings is 2. The second kappa shape index (κ2) is 6.83. The van der Waals surface area contributed by atoms with Crippen molar-refractivity contribution in [2.45, 2.75) is 33.4 Å². The molecule has 1 N–H and O–H groups in total. The molecule has 0 aliphatic carbocycles. The van der Waals surface area contributed by atoms with Crippen molar-refractivity contribution in [2.24, 2.45) is 0 Å². The van der Waals surface area contributed by atoms with Crippen molar-refractivity contribution < 1.29 is 9.84 Å². The highest BCUT2D eigenvalue weighted by Crippen LogP contribution is 2.25. The molecule has 0 fully saturated rings. The average molecular weight is 345 g/mol. The van der Waals surface area contributed by atoms with Gasteiger partial charge in [-0.1, -0.05) is 17.7 Å². The number of hydrogen-bond acceptors (Lipinski definition) is 3. The zero-order valence-electron chi connectivity index (χ0n) is 14.1. The molecule has 126 valence electrons. The van der Waals surface area contributed by atoms with Crippen LogP contribution < -0.4 is 4.74 Å². The van der Waals surface area contributed by atoms with E-state index in [2.05, 4.69) is 31.0 Å².